The van der Waals surface area contributed by atoms with Gasteiger partial charge in [-0.1, -0.05) is 60.7 Å². The first-order valence-electron chi connectivity index (χ1n) is 16.2. The smallest absolute Gasteiger partial charge is 0.422 e. The van der Waals surface area contributed by atoms with Crippen molar-refractivity contribution in [3.63, 3.8) is 0 Å². The number of amides is 1. The first-order valence-corrected chi connectivity index (χ1v) is 16.2. The minimum absolute atomic E-state index is 0. The zero-order valence-electron chi connectivity index (χ0n) is 28.1. The average molecular weight is 751 g/mol. The zero-order valence-corrected chi connectivity index (χ0v) is 29.7. The number of ether oxygens (including phenoxy) is 3. The number of carbonyl (C=O) groups is 1. The van der Waals surface area contributed by atoms with Gasteiger partial charge in [0, 0.05) is 69.7 Å². The minimum atomic E-state index is -4.59. The lowest BCUT2D eigenvalue weighted by Crippen LogP contribution is -2.67. The molecule has 1 amide bonds. The molecule has 0 aliphatic carbocycles. The highest BCUT2D eigenvalue weighted by atomic mass is 35.5. The molecule has 4 heterocycles. The second-order valence-electron chi connectivity index (χ2n) is 11.9. The molecule has 0 bridgehead atoms. The lowest BCUT2D eigenvalue weighted by molar-refractivity contribution is -0.154. The Morgan fingerprint density at radius 1 is 0.863 bits per heavy atom. The summed E-state index contributed by atoms with van der Waals surface area (Å²) < 4.78 is 56.3. The summed E-state index contributed by atoms with van der Waals surface area (Å²) in [5.41, 5.74) is 2.54. The van der Waals surface area contributed by atoms with Gasteiger partial charge in [-0.25, -0.2) is 9.97 Å². The summed E-state index contributed by atoms with van der Waals surface area (Å²) in [7, 11) is 1.40. The third kappa shape index (κ3) is 9.56. The summed E-state index contributed by atoms with van der Waals surface area (Å²) in [5.74, 6) is -0.350. The number of carbonyl (C=O) groups excluding carboxylic acids is 1. The van der Waals surface area contributed by atoms with Gasteiger partial charge in [0.15, 0.2) is 6.61 Å². The molecule has 0 spiro atoms. The standard InChI is InChI=1S/C35H38F3N7O4.2ClH/c1-3-48-34-41-31(47-2)27(32(42-34)49-23-35(36,37)38)21-43-19-26-20-44(33(46)30-39-15-10-16-40-30)17-18-45(26)28(22-43)29(24-11-6-4-7-12-24)25-13-8-5-9-14-25;;/h4-16,26,28-29H,3,17-23H2,1-2H3;2*1H/t26-,28+;;/m1../s1. The number of hydrogen-bond donors (Lipinski definition) is 0. The Morgan fingerprint density at radius 2 is 1.49 bits per heavy atom. The summed E-state index contributed by atoms with van der Waals surface area (Å²) in [6.07, 6.45) is -1.50. The third-order valence-electron chi connectivity index (χ3n) is 8.75. The van der Waals surface area contributed by atoms with Crippen LogP contribution in [-0.2, 0) is 6.54 Å². The van der Waals surface area contributed by atoms with Crippen LogP contribution < -0.4 is 14.2 Å². The lowest BCUT2D eigenvalue weighted by atomic mass is 9.81. The molecular weight excluding hydrogens is 710 g/mol. The molecule has 0 saturated carbocycles. The van der Waals surface area contributed by atoms with Gasteiger partial charge >= 0.3 is 12.2 Å². The first kappa shape index (κ1) is 39.5. The topological polar surface area (TPSA) is 106 Å². The van der Waals surface area contributed by atoms with Crippen LogP contribution in [-0.4, -0.2) is 112 Å². The van der Waals surface area contributed by atoms with E-state index < -0.39 is 12.8 Å². The number of nitrogens with zero attached hydrogens (tertiary/aromatic N) is 7. The SMILES string of the molecule is CCOc1nc(OC)c(CN2C[C@@H]3CN(C(=O)c4ncccn4)CCN3[C@H](C(c3ccccc3)c3ccccc3)C2)c(OCC(F)(F)F)n1.Cl.Cl. The van der Waals surface area contributed by atoms with Crippen molar-refractivity contribution in [2.45, 2.75) is 37.6 Å². The fraction of sp³-hybridized carbons (Fsp3) is 0.400. The second kappa shape index (κ2) is 17.8. The van der Waals surface area contributed by atoms with Gasteiger partial charge in [-0.05, 0) is 24.1 Å². The average Bonchev–Trinajstić information content (AvgIpc) is 3.12. The van der Waals surface area contributed by atoms with Crippen LogP contribution >= 0.6 is 24.8 Å². The minimum Gasteiger partial charge on any atom is -0.481 e. The number of hydrogen-bond acceptors (Lipinski definition) is 10. The summed E-state index contributed by atoms with van der Waals surface area (Å²) >= 11 is 0. The van der Waals surface area contributed by atoms with Crippen LogP contribution in [0.3, 0.4) is 0 Å². The molecule has 4 aromatic rings. The number of methoxy groups -OCH3 is 1. The van der Waals surface area contributed by atoms with Crippen molar-refractivity contribution < 1.29 is 32.2 Å². The predicted octanol–water partition coefficient (Wildman–Crippen LogP) is 5.30. The van der Waals surface area contributed by atoms with Crippen molar-refractivity contribution in [3.05, 3.63) is 102 Å². The van der Waals surface area contributed by atoms with Gasteiger partial charge in [-0.3, -0.25) is 14.6 Å². The normalized spacial score (nSPS) is 17.9. The van der Waals surface area contributed by atoms with E-state index in [1.165, 1.54) is 7.11 Å². The highest BCUT2D eigenvalue weighted by Crippen LogP contribution is 2.38. The zero-order chi connectivity index (χ0) is 34.4. The Bertz CT molecular complexity index is 1660. The summed E-state index contributed by atoms with van der Waals surface area (Å²) in [5, 5.41) is 0. The Kier molecular flexibility index (Phi) is 13.8. The van der Waals surface area contributed by atoms with Gasteiger partial charge in [0.2, 0.25) is 17.6 Å². The molecule has 2 aliphatic rings. The number of benzene rings is 2. The Labute approximate surface area is 307 Å². The van der Waals surface area contributed by atoms with Gasteiger partial charge in [0.05, 0.1) is 19.3 Å². The quantitative estimate of drug-likeness (QED) is 0.201. The Morgan fingerprint density at radius 3 is 2.08 bits per heavy atom. The van der Waals surface area contributed by atoms with Crippen LogP contribution in [0.1, 0.15) is 40.2 Å². The highest BCUT2D eigenvalue weighted by molar-refractivity contribution is 5.90. The maximum Gasteiger partial charge on any atom is 0.422 e. The van der Waals surface area contributed by atoms with E-state index in [9.17, 15) is 18.0 Å². The number of aromatic nitrogens is 4. The molecule has 6 rings (SSSR count). The number of fused-ring (bicyclic) bond motifs is 1. The molecule has 2 aliphatic heterocycles. The number of alkyl halides is 3. The van der Waals surface area contributed by atoms with Crippen LogP contribution in [0.25, 0.3) is 0 Å². The molecule has 2 fully saturated rings. The van der Waals surface area contributed by atoms with E-state index in [0.717, 1.165) is 11.1 Å². The molecule has 0 unspecified atom stereocenters. The van der Waals surface area contributed by atoms with E-state index in [-0.39, 0.29) is 91.0 Å². The van der Waals surface area contributed by atoms with Gasteiger partial charge in [0.25, 0.3) is 5.91 Å². The molecule has 274 valence electrons. The monoisotopic (exact) mass is 749 g/mol. The highest BCUT2D eigenvalue weighted by Gasteiger charge is 2.44. The van der Waals surface area contributed by atoms with Crippen molar-refractivity contribution in [1.29, 1.82) is 0 Å². The van der Waals surface area contributed by atoms with Crippen molar-refractivity contribution in [1.82, 2.24) is 34.6 Å². The molecule has 2 atom stereocenters. The predicted molar refractivity (Wildman–Crippen MR) is 188 cm³/mol. The Balaban J connectivity index is 0.00000292. The fourth-order valence-electron chi connectivity index (χ4n) is 6.75. The van der Waals surface area contributed by atoms with E-state index in [1.54, 1.807) is 30.3 Å². The van der Waals surface area contributed by atoms with Crippen LogP contribution in [0.2, 0.25) is 0 Å². The second-order valence-corrected chi connectivity index (χ2v) is 11.9. The maximum atomic E-state index is 13.5. The molecule has 2 aromatic heterocycles. The van der Waals surface area contributed by atoms with Gasteiger partial charge in [-0.15, -0.1) is 24.8 Å². The van der Waals surface area contributed by atoms with Gasteiger partial charge in [-0.2, -0.15) is 23.1 Å². The van der Waals surface area contributed by atoms with E-state index >= 15 is 0 Å². The molecule has 51 heavy (non-hydrogen) atoms. The Hall–Kier alpha value is -4.24. The molecule has 2 saturated heterocycles. The molecule has 0 radical (unpaired) electrons. The van der Waals surface area contributed by atoms with E-state index in [0.29, 0.717) is 32.7 Å². The lowest BCUT2D eigenvalue weighted by Gasteiger charge is -2.53. The summed E-state index contributed by atoms with van der Waals surface area (Å²) in [6, 6.07) is 21.8. The number of halogens is 5. The van der Waals surface area contributed by atoms with Crippen molar-refractivity contribution in [2.24, 2.45) is 0 Å². The summed E-state index contributed by atoms with van der Waals surface area (Å²) in [6.45, 7) is 3.10. The van der Waals surface area contributed by atoms with E-state index in [2.05, 4.69) is 54.0 Å². The number of piperazine rings is 2. The molecule has 2 aromatic carbocycles. The van der Waals surface area contributed by atoms with Crippen LogP contribution in [0.15, 0.2) is 79.1 Å². The first-order chi connectivity index (χ1) is 23.7. The molecule has 11 nitrogen and oxygen atoms in total. The largest absolute Gasteiger partial charge is 0.481 e. The van der Waals surface area contributed by atoms with Crippen molar-refractivity contribution >= 4 is 30.7 Å². The number of rotatable bonds is 11. The fourth-order valence-corrected chi connectivity index (χ4v) is 6.75. The van der Waals surface area contributed by atoms with E-state index in [4.69, 9.17) is 14.2 Å². The third-order valence-corrected chi connectivity index (χ3v) is 8.75. The molecule has 0 N–H and O–H groups in total. The van der Waals surface area contributed by atoms with Crippen LogP contribution in [0.4, 0.5) is 13.2 Å². The van der Waals surface area contributed by atoms with Crippen molar-refractivity contribution in [3.8, 4) is 17.8 Å². The maximum absolute atomic E-state index is 13.5. The van der Waals surface area contributed by atoms with Crippen LogP contribution in [0.5, 0.6) is 17.8 Å². The van der Waals surface area contributed by atoms with Crippen LogP contribution in [0, 0.1) is 0 Å². The van der Waals surface area contributed by atoms with E-state index in [1.807, 2.05) is 36.4 Å². The molecular formula is C35H40Cl2F3N7O4. The van der Waals surface area contributed by atoms with Gasteiger partial charge < -0.3 is 19.1 Å². The summed E-state index contributed by atoms with van der Waals surface area (Å²) in [4.78, 5) is 36.8. The molecule has 16 heteroatoms. The van der Waals surface area contributed by atoms with Crippen molar-refractivity contribution in [2.75, 3.05) is 53.0 Å². The van der Waals surface area contributed by atoms with Gasteiger partial charge in [0.1, 0.15) is 0 Å².